The smallest absolute Gasteiger partial charge is 0.382 e. The van der Waals surface area contributed by atoms with Gasteiger partial charge in [-0.3, -0.25) is 9.59 Å². The van der Waals surface area contributed by atoms with E-state index in [0.717, 1.165) is 18.3 Å². The molecule has 0 fully saturated rings. The number of aliphatic hydroxyl groups is 1. The van der Waals surface area contributed by atoms with Crippen LogP contribution in [0.4, 0.5) is 27.8 Å². The second-order valence-electron chi connectivity index (χ2n) is 6.25. The van der Waals surface area contributed by atoms with Crippen molar-refractivity contribution in [3.05, 3.63) is 41.2 Å². The van der Waals surface area contributed by atoms with Gasteiger partial charge in [0.15, 0.2) is 11.5 Å². The highest BCUT2D eigenvalue weighted by Gasteiger charge is 2.46. The summed E-state index contributed by atoms with van der Waals surface area (Å²) >= 11 is 0. The van der Waals surface area contributed by atoms with Crippen LogP contribution in [0.1, 0.15) is 21.6 Å². The van der Waals surface area contributed by atoms with Gasteiger partial charge in [0, 0.05) is 5.56 Å². The van der Waals surface area contributed by atoms with Gasteiger partial charge in [0.25, 0.3) is 18.2 Å². The molecule has 2 aromatic rings. The molecule has 2 amide bonds. The molecule has 6 N–H and O–H groups in total. The number of nitrogens with two attached hydrogens (primary N) is 2. The van der Waals surface area contributed by atoms with Crippen molar-refractivity contribution >= 4 is 17.6 Å². The molecule has 8 nitrogen and oxygen atoms in total. The fraction of sp³-hybridized carbons (Fsp3) is 0.294. The van der Waals surface area contributed by atoms with E-state index in [1.165, 1.54) is 13.0 Å². The van der Waals surface area contributed by atoms with Gasteiger partial charge in [-0.05, 0) is 24.1 Å². The van der Waals surface area contributed by atoms with Crippen molar-refractivity contribution in [2.45, 2.75) is 25.1 Å². The summed E-state index contributed by atoms with van der Waals surface area (Å²) in [6.07, 6.45) is -7.17. The molecule has 2 rings (SSSR count). The Morgan fingerprint density at radius 3 is 2.43 bits per heavy atom. The number of primary amides is 1. The van der Waals surface area contributed by atoms with E-state index in [1.54, 1.807) is 5.32 Å². The van der Waals surface area contributed by atoms with Crippen LogP contribution in [0, 0.1) is 6.92 Å². The summed E-state index contributed by atoms with van der Waals surface area (Å²) in [5.74, 6) is -3.41. The molecule has 0 saturated carbocycles. The summed E-state index contributed by atoms with van der Waals surface area (Å²) in [5, 5.41) is 11.7. The average molecular weight is 433 g/mol. The van der Waals surface area contributed by atoms with Crippen LogP contribution in [0.15, 0.2) is 24.4 Å². The Balaban J connectivity index is 2.52. The molecule has 1 heterocycles. The number of aromatic nitrogens is 2. The number of nitrogen functional groups attached to an aromatic ring is 1. The standard InChI is InChI=1S/C17H16F5N5O3/c1-7-2-3-8(17(30,14(18)19)15(24)29)4-9(7)10-5-25-12(23)11(27-10)13(28)26-6-16(20,21)22/h2-5,14,30H,6H2,1H3,(H2,23,25)(H2,24,29)(H,26,28). The lowest BCUT2D eigenvalue weighted by Crippen LogP contribution is -2.47. The van der Waals surface area contributed by atoms with Crippen LogP contribution < -0.4 is 16.8 Å². The van der Waals surface area contributed by atoms with Gasteiger partial charge in [-0.1, -0.05) is 12.1 Å². The summed E-state index contributed by atoms with van der Waals surface area (Å²) in [4.78, 5) is 31.0. The molecule has 1 aromatic carbocycles. The molecule has 30 heavy (non-hydrogen) atoms. The Bertz CT molecular complexity index is 983. The number of amides is 2. The average Bonchev–Trinajstić information content (AvgIpc) is 2.65. The van der Waals surface area contributed by atoms with E-state index in [0.29, 0.717) is 5.56 Å². The van der Waals surface area contributed by atoms with Gasteiger partial charge >= 0.3 is 6.18 Å². The van der Waals surface area contributed by atoms with E-state index in [2.05, 4.69) is 9.97 Å². The lowest BCUT2D eigenvalue weighted by atomic mass is 9.90. The molecule has 0 radical (unpaired) electrons. The summed E-state index contributed by atoms with van der Waals surface area (Å²) in [5.41, 5.74) is 6.31. The third-order valence-electron chi connectivity index (χ3n) is 4.11. The first-order valence-corrected chi connectivity index (χ1v) is 8.16. The molecule has 13 heteroatoms. The maximum Gasteiger partial charge on any atom is 0.405 e. The fourth-order valence-corrected chi connectivity index (χ4v) is 2.47. The minimum atomic E-state index is -4.67. The Morgan fingerprint density at radius 1 is 1.27 bits per heavy atom. The molecule has 0 aliphatic rings. The zero-order valence-electron chi connectivity index (χ0n) is 15.3. The van der Waals surface area contributed by atoms with Crippen molar-refractivity contribution in [3.8, 4) is 11.3 Å². The number of nitrogens with zero attached hydrogens (tertiary/aromatic N) is 2. The number of aryl methyl sites for hydroxylation is 1. The largest absolute Gasteiger partial charge is 0.405 e. The van der Waals surface area contributed by atoms with Crippen molar-refractivity contribution in [2.75, 3.05) is 12.3 Å². The molecule has 1 unspecified atom stereocenters. The number of rotatable bonds is 6. The van der Waals surface area contributed by atoms with Gasteiger partial charge in [-0.25, -0.2) is 18.7 Å². The second-order valence-corrected chi connectivity index (χ2v) is 6.25. The summed E-state index contributed by atoms with van der Waals surface area (Å²) in [6, 6.07) is 3.32. The number of alkyl halides is 5. The summed E-state index contributed by atoms with van der Waals surface area (Å²) in [6.45, 7) is -0.113. The Hall–Kier alpha value is -3.35. The number of benzene rings is 1. The van der Waals surface area contributed by atoms with Gasteiger partial charge in [-0.2, -0.15) is 13.2 Å². The third kappa shape index (κ3) is 4.62. The topological polar surface area (TPSA) is 144 Å². The number of carbonyl (C=O) groups excluding carboxylic acids is 2. The molecule has 0 bridgehead atoms. The van der Waals surface area contributed by atoms with E-state index >= 15 is 0 Å². The van der Waals surface area contributed by atoms with Gasteiger partial charge < -0.3 is 21.9 Å². The van der Waals surface area contributed by atoms with E-state index in [-0.39, 0.29) is 11.3 Å². The predicted octanol–water partition coefficient (Wildman–Crippen LogP) is 1.26. The lowest BCUT2D eigenvalue weighted by molar-refractivity contribution is -0.156. The van der Waals surface area contributed by atoms with Crippen LogP contribution in [0.5, 0.6) is 0 Å². The van der Waals surface area contributed by atoms with Crippen molar-refractivity contribution in [3.63, 3.8) is 0 Å². The highest BCUT2D eigenvalue weighted by Crippen LogP contribution is 2.33. The third-order valence-corrected chi connectivity index (χ3v) is 4.11. The molecule has 0 saturated heterocycles. The molecular formula is C17H16F5N5O3. The molecule has 0 spiro atoms. The minimum absolute atomic E-state index is 0.0604. The molecule has 0 aliphatic carbocycles. The maximum absolute atomic E-state index is 13.3. The fourth-order valence-electron chi connectivity index (χ4n) is 2.47. The Morgan fingerprint density at radius 2 is 1.90 bits per heavy atom. The summed E-state index contributed by atoms with van der Waals surface area (Å²) in [7, 11) is 0. The number of hydrogen-bond acceptors (Lipinski definition) is 6. The normalized spacial score (nSPS) is 13.7. The zero-order chi connectivity index (χ0) is 22.9. The second kappa shape index (κ2) is 8.18. The van der Waals surface area contributed by atoms with E-state index in [4.69, 9.17) is 11.5 Å². The number of nitrogens with one attached hydrogen (secondary N) is 1. The number of halogens is 5. The van der Waals surface area contributed by atoms with Crippen LogP contribution in [0.2, 0.25) is 0 Å². The lowest BCUT2D eigenvalue weighted by Gasteiger charge is -2.25. The van der Waals surface area contributed by atoms with Gasteiger partial charge in [0.1, 0.15) is 6.54 Å². The zero-order valence-corrected chi connectivity index (χ0v) is 15.3. The number of anilines is 1. The first-order valence-electron chi connectivity index (χ1n) is 8.16. The van der Waals surface area contributed by atoms with Gasteiger partial charge in [0.2, 0.25) is 5.60 Å². The molecule has 1 aromatic heterocycles. The minimum Gasteiger partial charge on any atom is -0.382 e. The quantitative estimate of drug-likeness (QED) is 0.505. The maximum atomic E-state index is 13.3. The van der Waals surface area contributed by atoms with Crippen LogP contribution in [0.25, 0.3) is 11.3 Å². The highest BCUT2D eigenvalue weighted by atomic mass is 19.4. The van der Waals surface area contributed by atoms with Crippen molar-refractivity contribution in [2.24, 2.45) is 5.73 Å². The summed E-state index contributed by atoms with van der Waals surface area (Å²) < 4.78 is 63.6. The molecule has 162 valence electrons. The van der Waals surface area contributed by atoms with Gasteiger partial charge in [-0.15, -0.1) is 0 Å². The molecular weight excluding hydrogens is 417 g/mol. The van der Waals surface area contributed by atoms with Crippen LogP contribution in [-0.4, -0.2) is 46.0 Å². The molecule has 0 aliphatic heterocycles. The molecule has 1 atom stereocenters. The Kier molecular flexibility index (Phi) is 6.25. The van der Waals surface area contributed by atoms with Crippen molar-refractivity contribution in [1.29, 1.82) is 0 Å². The Labute approximate surface area is 166 Å². The van der Waals surface area contributed by atoms with E-state index < -0.39 is 53.6 Å². The highest BCUT2D eigenvalue weighted by molar-refractivity contribution is 5.97. The van der Waals surface area contributed by atoms with Crippen LogP contribution in [0.3, 0.4) is 0 Å². The van der Waals surface area contributed by atoms with Gasteiger partial charge in [0.05, 0.1) is 11.9 Å². The van der Waals surface area contributed by atoms with Crippen LogP contribution >= 0.6 is 0 Å². The first kappa shape index (κ1) is 22.9. The predicted molar refractivity (Wildman–Crippen MR) is 94.1 cm³/mol. The monoisotopic (exact) mass is 433 g/mol. The number of hydrogen-bond donors (Lipinski definition) is 4. The SMILES string of the molecule is Cc1ccc(C(O)(C(N)=O)C(F)F)cc1-c1cnc(N)c(C(=O)NCC(F)(F)F)n1. The van der Waals surface area contributed by atoms with Crippen molar-refractivity contribution in [1.82, 2.24) is 15.3 Å². The van der Waals surface area contributed by atoms with E-state index in [1.807, 2.05) is 0 Å². The van der Waals surface area contributed by atoms with Crippen molar-refractivity contribution < 1.29 is 36.6 Å². The first-order chi connectivity index (χ1) is 13.8. The van der Waals surface area contributed by atoms with E-state index in [9.17, 15) is 36.6 Å². The van der Waals surface area contributed by atoms with Crippen LogP contribution in [-0.2, 0) is 10.4 Å². The number of carbonyl (C=O) groups is 2.